The van der Waals surface area contributed by atoms with Gasteiger partial charge in [-0.05, 0) is 17.7 Å². The summed E-state index contributed by atoms with van der Waals surface area (Å²) in [5, 5.41) is 3.23. The number of hydrogen-bond acceptors (Lipinski definition) is 5. The summed E-state index contributed by atoms with van der Waals surface area (Å²) in [5.41, 5.74) is 3.35. The summed E-state index contributed by atoms with van der Waals surface area (Å²) in [5.74, 6) is 6.79. The number of aryl methyl sites for hydroxylation is 1. The lowest BCUT2D eigenvalue weighted by molar-refractivity contribution is 0.627. The van der Waals surface area contributed by atoms with E-state index in [1.165, 1.54) is 6.07 Å². The number of hydrogen-bond donors (Lipinski definition) is 3. The molecule has 0 saturated carbocycles. The van der Waals surface area contributed by atoms with Crippen molar-refractivity contribution in [3.05, 3.63) is 46.5 Å². The van der Waals surface area contributed by atoms with Gasteiger partial charge in [0.25, 0.3) is 0 Å². The molecule has 5 nitrogen and oxygen atoms in total. The number of halogens is 2. The van der Waals surface area contributed by atoms with E-state index < -0.39 is 5.82 Å². The van der Waals surface area contributed by atoms with Crippen LogP contribution in [0.4, 0.5) is 16.0 Å². The minimum Gasteiger partial charge on any atom is -0.366 e. The van der Waals surface area contributed by atoms with Crippen LogP contribution in [0, 0.1) is 5.82 Å². The van der Waals surface area contributed by atoms with Crippen LogP contribution < -0.4 is 16.6 Å². The van der Waals surface area contributed by atoms with Gasteiger partial charge in [-0.2, -0.15) is 0 Å². The molecule has 0 atom stereocenters. The number of anilines is 2. The zero-order chi connectivity index (χ0) is 14.5. The fourth-order valence-electron chi connectivity index (χ4n) is 1.66. The monoisotopic (exact) mass is 295 g/mol. The molecule has 0 unspecified atom stereocenters. The molecular weight excluding hydrogens is 281 g/mol. The number of rotatable bonds is 5. The highest BCUT2D eigenvalue weighted by atomic mass is 35.5. The molecule has 4 N–H and O–H groups in total. The van der Waals surface area contributed by atoms with Gasteiger partial charge in [0.15, 0.2) is 0 Å². The fraction of sp³-hybridized carbons (Fsp3) is 0.231. The summed E-state index contributed by atoms with van der Waals surface area (Å²) in [7, 11) is 0. The summed E-state index contributed by atoms with van der Waals surface area (Å²) >= 11 is 5.74. The van der Waals surface area contributed by atoms with E-state index in [-0.39, 0.29) is 5.02 Å². The molecule has 2 aromatic rings. The normalized spacial score (nSPS) is 10.4. The van der Waals surface area contributed by atoms with Gasteiger partial charge in [0.05, 0.1) is 5.02 Å². The smallest absolute Gasteiger partial charge is 0.145 e. The molecule has 7 heteroatoms. The number of aromatic nitrogens is 2. The Kier molecular flexibility index (Phi) is 4.70. The molecule has 106 valence electrons. The Morgan fingerprint density at radius 3 is 2.65 bits per heavy atom. The fourth-order valence-corrected chi connectivity index (χ4v) is 1.87. The van der Waals surface area contributed by atoms with Crippen molar-refractivity contribution in [3.8, 4) is 0 Å². The summed E-state index contributed by atoms with van der Waals surface area (Å²) in [6.45, 7) is 2.43. The van der Waals surface area contributed by atoms with Crippen molar-refractivity contribution in [2.75, 3.05) is 10.7 Å². The quantitative estimate of drug-likeness (QED) is 0.584. The van der Waals surface area contributed by atoms with Crippen LogP contribution >= 0.6 is 11.6 Å². The van der Waals surface area contributed by atoms with Gasteiger partial charge in [-0.15, -0.1) is 0 Å². The van der Waals surface area contributed by atoms with Crippen LogP contribution in [-0.4, -0.2) is 9.97 Å². The molecule has 0 aliphatic rings. The van der Waals surface area contributed by atoms with Gasteiger partial charge in [-0.3, -0.25) is 0 Å². The molecule has 0 spiro atoms. The standard InChI is InChI=1S/C13H15ClFN5/c1-2-11-18-12(6-13(19-11)20-16)17-7-8-3-4-10(15)9(14)5-8/h3-6H,2,7,16H2,1H3,(H2,17,18,19,20). The van der Waals surface area contributed by atoms with E-state index >= 15 is 0 Å². The number of nitrogens with one attached hydrogen (secondary N) is 2. The highest BCUT2D eigenvalue weighted by molar-refractivity contribution is 6.30. The Bertz CT molecular complexity index is 583. The maximum absolute atomic E-state index is 13.1. The van der Waals surface area contributed by atoms with Crippen molar-refractivity contribution in [2.45, 2.75) is 19.9 Å². The molecule has 1 aromatic heterocycles. The molecule has 1 heterocycles. The topological polar surface area (TPSA) is 75.9 Å². The van der Waals surface area contributed by atoms with E-state index in [9.17, 15) is 4.39 Å². The lowest BCUT2D eigenvalue weighted by Gasteiger charge is -2.09. The number of hydrazine groups is 1. The van der Waals surface area contributed by atoms with E-state index in [1.807, 2.05) is 6.92 Å². The molecule has 0 bridgehead atoms. The van der Waals surface area contributed by atoms with Gasteiger partial charge >= 0.3 is 0 Å². The zero-order valence-electron chi connectivity index (χ0n) is 11.0. The molecule has 0 amide bonds. The molecule has 0 radical (unpaired) electrons. The molecule has 20 heavy (non-hydrogen) atoms. The SMILES string of the molecule is CCc1nc(NN)cc(NCc2ccc(F)c(Cl)c2)n1. The van der Waals surface area contributed by atoms with Crippen molar-refractivity contribution < 1.29 is 4.39 Å². The average molecular weight is 296 g/mol. The number of nitrogens with two attached hydrogens (primary N) is 1. The minimum absolute atomic E-state index is 0.102. The highest BCUT2D eigenvalue weighted by Gasteiger charge is 2.04. The largest absolute Gasteiger partial charge is 0.366 e. The van der Waals surface area contributed by atoms with Crippen LogP contribution in [-0.2, 0) is 13.0 Å². The van der Waals surface area contributed by atoms with Gasteiger partial charge in [-0.1, -0.05) is 24.6 Å². The van der Waals surface area contributed by atoms with Gasteiger partial charge in [-0.25, -0.2) is 20.2 Å². The van der Waals surface area contributed by atoms with Crippen LogP contribution in [0.25, 0.3) is 0 Å². The second-order valence-corrected chi connectivity index (χ2v) is 4.56. The number of benzene rings is 1. The van der Waals surface area contributed by atoms with Crippen LogP contribution in [0.5, 0.6) is 0 Å². The Morgan fingerprint density at radius 1 is 1.25 bits per heavy atom. The third-order valence-corrected chi connectivity index (χ3v) is 2.98. The zero-order valence-corrected chi connectivity index (χ0v) is 11.7. The maximum atomic E-state index is 13.1. The third kappa shape index (κ3) is 3.55. The van der Waals surface area contributed by atoms with E-state index in [0.717, 1.165) is 5.56 Å². The van der Waals surface area contributed by atoms with Crippen molar-refractivity contribution >= 4 is 23.2 Å². The number of nitrogens with zero attached hydrogens (tertiary/aromatic N) is 2. The Labute approximate surface area is 121 Å². The van der Waals surface area contributed by atoms with Gasteiger partial charge in [0.2, 0.25) is 0 Å². The second-order valence-electron chi connectivity index (χ2n) is 4.15. The molecule has 0 saturated heterocycles. The van der Waals surface area contributed by atoms with Crippen LogP contribution in [0.15, 0.2) is 24.3 Å². The molecule has 0 fully saturated rings. The van der Waals surface area contributed by atoms with Crippen molar-refractivity contribution in [1.29, 1.82) is 0 Å². The van der Waals surface area contributed by atoms with Crippen molar-refractivity contribution in [2.24, 2.45) is 5.84 Å². The number of nitrogen functional groups attached to an aromatic ring is 1. The predicted octanol–water partition coefficient (Wildman–Crippen LogP) is 2.73. The molecule has 1 aromatic carbocycles. The average Bonchev–Trinajstić information content (AvgIpc) is 2.48. The van der Waals surface area contributed by atoms with Crippen molar-refractivity contribution in [1.82, 2.24) is 9.97 Å². The Balaban J connectivity index is 2.11. The molecule has 0 aliphatic heterocycles. The summed E-state index contributed by atoms with van der Waals surface area (Å²) in [6.07, 6.45) is 0.701. The summed E-state index contributed by atoms with van der Waals surface area (Å²) in [4.78, 5) is 8.52. The molecule has 0 aliphatic carbocycles. The molecular formula is C13H15ClFN5. The van der Waals surface area contributed by atoms with Gasteiger partial charge in [0.1, 0.15) is 23.3 Å². The lowest BCUT2D eigenvalue weighted by atomic mass is 10.2. The van der Waals surface area contributed by atoms with E-state index in [4.69, 9.17) is 17.4 Å². The van der Waals surface area contributed by atoms with E-state index in [1.54, 1.807) is 18.2 Å². The molecule has 2 rings (SSSR count). The first-order valence-corrected chi connectivity index (χ1v) is 6.52. The predicted molar refractivity (Wildman–Crippen MR) is 78.0 cm³/mol. The Morgan fingerprint density at radius 2 is 2.00 bits per heavy atom. The van der Waals surface area contributed by atoms with Gasteiger partial charge < -0.3 is 10.7 Å². The van der Waals surface area contributed by atoms with Crippen molar-refractivity contribution in [3.63, 3.8) is 0 Å². The highest BCUT2D eigenvalue weighted by Crippen LogP contribution is 2.17. The summed E-state index contributed by atoms with van der Waals surface area (Å²) < 4.78 is 13.1. The van der Waals surface area contributed by atoms with Gasteiger partial charge in [0, 0.05) is 19.0 Å². The summed E-state index contributed by atoms with van der Waals surface area (Å²) in [6, 6.07) is 6.28. The Hall–Kier alpha value is -1.92. The van der Waals surface area contributed by atoms with E-state index in [0.29, 0.717) is 30.4 Å². The van der Waals surface area contributed by atoms with E-state index in [2.05, 4.69) is 20.7 Å². The van der Waals surface area contributed by atoms with Crippen LogP contribution in [0.1, 0.15) is 18.3 Å². The third-order valence-electron chi connectivity index (χ3n) is 2.69. The second kappa shape index (κ2) is 6.49. The minimum atomic E-state index is -0.430. The maximum Gasteiger partial charge on any atom is 0.145 e. The van der Waals surface area contributed by atoms with Crippen LogP contribution in [0.2, 0.25) is 5.02 Å². The first-order valence-electron chi connectivity index (χ1n) is 6.14. The van der Waals surface area contributed by atoms with Crippen LogP contribution in [0.3, 0.4) is 0 Å². The first kappa shape index (κ1) is 14.5. The first-order chi connectivity index (χ1) is 9.62. The lowest BCUT2D eigenvalue weighted by Crippen LogP contribution is -2.12.